The summed E-state index contributed by atoms with van der Waals surface area (Å²) in [5, 5.41) is 8.59. The third kappa shape index (κ3) is 5.58. The molecule has 0 aliphatic heterocycles. The van der Waals surface area contributed by atoms with Crippen LogP contribution < -0.4 is 9.47 Å². The molecule has 3 aromatic rings. The zero-order chi connectivity index (χ0) is 20.8. The molecule has 1 aromatic heterocycles. The molecule has 0 aliphatic rings. The lowest BCUT2D eigenvalue weighted by Gasteiger charge is -2.09. The maximum absolute atomic E-state index is 14.1. The molecule has 8 heteroatoms. The number of pyridine rings is 1. The zero-order valence-corrected chi connectivity index (χ0v) is 14.8. The van der Waals surface area contributed by atoms with Gasteiger partial charge in [-0.15, -0.1) is 0 Å². The number of ether oxygens (including phenoxy) is 2. The second-order valence-corrected chi connectivity index (χ2v) is 5.82. The Labute approximate surface area is 163 Å². The lowest BCUT2D eigenvalue weighted by atomic mass is 10.2. The predicted molar refractivity (Wildman–Crippen MR) is 98.1 cm³/mol. The van der Waals surface area contributed by atoms with Crippen molar-refractivity contribution in [1.82, 2.24) is 4.98 Å². The second-order valence-electron chi connectivity index (χ2n) is 5.82. The highest BCUT2D eigenvalue weighted by atomic mass is 19.1. The van der Waals surface area contributed by atoms with E-state index in [0.29, 0.717) is 11.3 Å². The molecule has 5 nitrogen and oxygen atoms in total. The first-order valence-corrected chi connectivity index (χ1v) is 8.32. The van der Waals surface area contributed by atoms with Gasteiger partial charge in [0.05, 0.1) is 6.20 Å². The minimum atomic E-state index is -1.14. The molecule has 0 radical (unpaired) electrons. The van der Waals surface area contributed by atoms with Crippen LogP contribution in [-0.4, -0.2) is 16.1 Å². The molecule has 0 spiro atoms. The fraction of sp³-hybridized carbons (Fsp3) is 0.0476. The number of aliphatic carboxylic acids is 1. The molecule has 29 heavy (non-hydrogen) atoms. The molecule has 0 atom stereocenters. The summed E-state index contributed by atoms with van der Waals surface area (Å²) >= 11 is 0. The van der Waals surface area contributed by atoms with Crippen LogP contribution in [0.15, 0.2) is 60.8 Å². The van der Waals surface area contributed by atoms with Crippen LogP contribution >= 0.6 is 0 Å². The Morgan fingerprint density at radius 2 is 1.86 bits per heavy atom. The first-order valence-electron chi connectivity index (χ1n) is 8.32. The fourth-order valence-corrected chi connectivity index (χ4v) is 2.30. The van der Waals surface area contributed by atoms with E-state index in [1.807, 2.05) is 0 Å². The smallest absolute Gasteiger partial charge is 0.328 e. The van der Waals surface area contributed by atoms with Crippen molar-refractivity contribution in [3.63, 3.8) is 0 Å². The predicted octanol–water partition coefficient (Wildman–Crippen LogP) is 4.97. The van der Waals surface area contributed by atoms with Gasteiger partial charge in [-0.3, -0.25) is 0 Å². The largest absolute Gasteiger partial charge is 0.487 e. The molecule has 3 rings (SSSR count). The summed E-state index contributed by atoms with van der Waals surface area (Å²) in [7, 11) is 0. The van der Waals surface area contributed by atoms with E-state index in [9.17, 15) is 18.0 Å². The molecule has 1 heterocycles. The number of nitrogens with zero attached hydrogens (tertiary/aromatic N) is 1. The summed E-state index contributed by atoms with van der Waals surface area (Å²) in [6, 6.07) is 10.1. The van der Waals surface area contributed by atoms with Gasteiger partial charge in [-0.25, -0.2) is 22.9 Å². The van der Waals surface area contributed by atoms with Crippen LogP contribution in [0.1, 0.15) is 11.1 Å². The first kappa shape index (κ1) is 19.9. The Morgan fingerprint density at radius 1 is 1.03 bits per heavy atom. The number of hydrogen-bond acceptors (Lipinski definition) is 4. The molecular weight excluding hydrogens is 387 g/mol. The number of rotatable bonds is 7. The number of carboxylic acid groups (broad SMARTS) is 1. The van der Waals surface area contributed by atoms with Crippen molar-refractivity contribution < 1.29 is 32.5 Å². The molecule has 0 saturated carbocycles. The average molecular weight is 401 g/mol. The lowest BCUT2D eigenvalue weighted by molar-refractivity contribution is -0.131. The maximum atomic E-state index is 14.1. The summed E-state index contributed by atoms with van der Waals surface area (Å²) < 4.78 is 51.3. The van der Waals surface area contributed by atoms with Gasteiger partial charge in [-0.2, -0.15) is 0 Å². The van der Waals surface area contributed by atoms with Gasteiger partial charge >= 0.3 is 5.97 Å². The number of halogens is 3. The molecule has 0 bridgehead atoms. The van der Waals surface area contributed by atoms with E-state index in [1.165, 1.54) is 42.6 Å². The average Bonchev–Trinajstić information content (AvgIpc) is 2.68. The Hall–Kier alpha value is -3.81. The Balaban J connectivity index is 1.62. The fourth-order valence-electron chi connectivity index (χ4n) is 2.30. The van der Waals surface area contributed by atoms with Crippen LogP contribution in [0.25, 0.3) is 6.08 Å². The summed E-state index contributed by atoms with van der Waals surface area (Å²) in [5.41, 5.74) is 0.549. The van der Waals surface area contributed by atoms with E-state index in [4.69, 9.17) is 14.6 Å². The minimum absolute atomic E-state index is 0.0907. The van der Waals surface area contributed by atoms with E-state index < -0.39 is 23.4 Å². The normalized spacial score (nSPS) is 10.9. The van der Waals surface area contributed by atoms with Crippen molar-refractivity contribution in [2.75, 3.05) is 0 Å². The zero-order valence-electron chi connectivity index (χ0n) is 14.8. The van der Waals surface area contributed by atoms with E-state index in [1.54, 1.807) is 0 Å². The molecule has 0 saturated heterocycles. The number of carboxylic acids is 1. The lowest BCUT2D eigenvalue weighted by Crippen LogP contribution is -1.99. The van der Waals surface area contributed by atoms with Crippen LogP contribution in [0.5, 0.6) is 17.4 Å². The summed E-state index contributed by atoms with van der Waals surface area (Å²) in [6.07, 6.45) is 3.47. The van der Waals surface area contributed by atoms with Crippen LogP contribution in [0.4, 0.5) is 13.2 Å². The molecular formula is C21H14F3NO4. The SMILES string of the molecule is O=C(O)C=Cc1ccc(Oc2ccc(OCc3ccc(F)cc3F)cn2)c(F)c1. The van der Waals surface area contributed by atoms with Gasteiger partial charge in [-0.1, -0.05) is 6.07 Å². The maximum Gasteiger partial charge on any atom is 0.328 e. The number of aromatic nitrogens is 1. The van der Waals surface area contributed by atoms with Gasteiger partial charge in [0.25, 0.3) is 0 Å². The molecule has 2 aromatic carbocycles. The summed E-state index contributed by atoms with van der Waals surface area (Å²) in [6.45, 7) is -0.117. The molecule has 0 unspecified atom stereocenters. The van der Waals surface area contributed by atoms with Crippen LogP contribution in [0.2, 0.25) is 0 Å². The third-order valence-corrected chi connectivity index (χ3v) is 3.71. The second kappa shape index (κ2) is 8.92. The molecule has 0 fully saturated rings. The molecule has 1 N–H and O–H groups in total. The monoisotopic (exact) mass is 401 g/mol. The van der Waals surface area contributed by atoms with Gasteiger partial charge in [0.15, 0.2) is 11.6 Å². The van der Waals surface area contributed by atoms with Crippen molar-refractivity contribution >= 4 is 12.0 Å². The van der Waals surface area contributed by atoms with E-state index >= 15 is 0 Å². The van der Waals surface area contributed by atoms with Gasteiger partial charge in [0.1, 0.15) is 24.0 Å². The highest BCUT2D eigenvalue weighted by Crippen LogP contribution is 2.25. The summed E-state index contributed by atoms with van der Waals surface area (Å²) in [5.74, 6) is -2.89. The molecule has 0 amide bonds. The van der Waals surface area contributed by atoms with Gasteiger partial charge < -0.3 is 14.6 Å². The Morgan fingerprint density at radius 3 is 2.52 bits per heavy atom. The van der Waals surface area contributed by atoms with Crippen molar-refractivity contribution in [3.05, 3.63) is 89.4 Å². The number of hydrogen-bond donors (Lipinski definition) is 1. The van der Waals surface area contributed by atoms with E-state index in [0.717, 1.165) is 24.3 Å². The van der Waals surface area contributed by atoms with Crippen LogP contribution in [0.3, 0.4) is 0 Å². The Bertz CT molecular complexity index is 1050. The Kier molecular flexibility index (Phi) is 6.13. The van der Waals surface area contributed by atoms with Gasteiger partial charge in [-0.05, 0) is 42.0 Å². The molecule has 148 valence electrons. The van der Waals surface area contributed by atoms with Crippen molar-refractivity contribution in [2.24, 2.45) is 0 Å². The number of carbonyl (C=O) groups is 1. The van der Waals surface area contributed by atoms with Crippen LogP contribution in [-0.2, 0) is 11.4 Å². The number of benzene rings is 2. The van der Waals surface area contributed by atoms with E-state index in [2.05, 4.69) is 4.98 Å². The minimum Gasteiger partial charge on any atom is -0.487 e. The first-order chi connectivity index (χ1) is 13.9. The van der Waals surface area contributed by atoms with Gasteiger partial charge in [0, 0.05) is 23.8 Å². The topological polar surface area (TPSA) is 68.7 Å². The van der Waals surface area contributed by atoms with Gasteiger partial charge in [0.2, 0.25) is 5.88 Å². The molecule has 0 aliphatic carbocycles. The van der Waals surface area contributed by atoms with Crippen molar-refractivity contribution in [3.8, 4) is 17.4 Å². The van der Waals surface area contributed by atoms with Crippen molar-refractivity contribution in [1.29, 1.82) is 0 Å². The summed E-state index contributed by atoms with van der Waals surface area (Å²) in [4.78, 5) is 14.5. The third-order valence-electron chi connectivity index (χ3n) is 3.71. The van der Waals surface area contributed by atoms with E-state index in [-0.39, 0.29) is 23.8 Å². The standard InChI is InChI=1S/C21H14F3NO4/c22-15-4-3-14(17(23)10-15)12-28-16-5-7-20(25-11-16)29-19-6-1-13(9-18(19)24)2-8-21(26)27/h1-11H,12H2,(H,26,27). The quantitative estimate of drug-likeness (QED) is 0.567. The van der Waals surface area contributed by atoms with Crippen LogP contribution in [0, 0.1) is 17.5 Å². The van der Waals surface area contributed by atoms with Crippen molar-refractivity contribution in [2.45, 2.75) is 6.61 Å². The highest BCUT2D eigenvalue weighted by molar-refractivity contribution is 5.85. The highest BCUT2D eigenvalue weighted by Gasteiger charge is 2.08.